The van der Waals surface area contributed by atoms with E-state index < -0.39 is 101 Å². The van der Waals surface area contributed by atoms with Gasteiger partial charge in [0, 0.05) is 93.2 Å². The zero-order chi connectivity index (χ0) is 51.6. The van der Waals surface area contributed by atoms with Gasteiger partial charge in [0.05, 0.1) is 47.8 Å². The standard InChI is InChI=1S/C52H73N5O13/c1-27(2)26-57-21-18-52(19-22-57)54-40-37-38-45(62)33(8)48-39(37)49(64)51(9,70-48)68-24-17-34(66-12)30(5)47(69-36(59)25-35(58)67-23-14-20-56(10)11)32(7)44(61)31(6)43(60)28(3)15-13-16-29(4)50(65)53-42(46(38)63)41(40)55-52/h13,15-17,24,27-28,30-32,34,43-44,47,54,60-63H,14,18-23,25-26H2,1-12H3/b15-13+,24-17+,29-16-,53-42?/t28-,30+,31+,32+,34-,43-,44+,47+,51-/m0/s1. The van der Waals surface area contributed by atoms with Gasteiger partial charge in [-0.1, -0.05) is 59.8 Å². The van der Waals surface area contributed by atoms with Crippen LogP contribution in [0.4, 0.5) is 5.69 Å². The van der Waals surface area contributed by atoms with E-state index in [1.165, 1.54) is 39.4 Å². The number of rotatable bonds is 10. The van der Waals surface area contributed by atoms with Crippen LogP contribution >= 0.6 is 0 Å². The molecular formula is C52H73N5O13. The Hall–Kier alpha value is -5.40. The number of aliphatic hydroxyl groups is 2. The molecule has 18 heteroatoms. The number of amides is 1. The van der Waals surface area contributed by atoms with Gasteiger partial charge in [0.15, 0.2) is 5.75 Å². The number of carbonyl (C=O) groups excluding carboxylic acids is 4. The molecule has 2 aromatic rings. The van der Waals surface area contributed by atoms with Gasteiger partial charge in [0.25, 0.3) is 11.7 Å². The Morgan fingerprint density at radius 3 is 2.29 bits per heavy atom. The number of benzene rings is 2. The zero-order valence-corrected chi connectivity index (χ0v) is 42.7. The van der Waals surface area contributed by atoms with Gasteiger partial charge in [0.2, 0.25) is 0 Å². The number of phenols is 2. The second-order valence-corrected chi connectivity index (χ2v) is 20.4. The maximum absolute atomic E-state index is 14.9. The molecule has 9 atom stereocenters. The van der Waals surface area contributed by atoms with Gasteiger partial charge in [-0.15, -0.1) is 0 Å². The highest BCUT2D eigenvalue weighted by Crippen LogP contribution is 2.51. The number of Topliss-reactive ketones (excluding diaryl/α,β-unsaturated/α-hetero) is 1. The number of nitrogens with zero attached hydrogens (tertiary/aromatic N) is 4. The van der Waals surface area contributed by atoms with Crippen molar-refractivity contribution in [1.82, 2.24) is 9.80 Å². The molecule has 1 amide bonds. The number of phenolic OH excluding ortho intramolecular Hbond substituents is 2. The molecule has 0 unspecified atom stereocenters. The van der Waals surface area contributed by atoms with Gasteiger partial charge in [-0.2, -0.15) is 0 Å². The van der Waals surface area contributed by atoms with Gasteiger partial charge in [-0.3, -0.25) is 24.2 Å². The maximum Gasteiger partial charge on any atom is 0.317 e. The average Bonchev–Trinajstić information content (AvgIpc) is 3.81. The number of ether oxygens (including phenoxy) is 5. The molecule has 1 saturated heterocycles. The third-order valence-electron chi connectivity index (χ3n) is 14.2. The van der Waals surface area contributed by atoms with Crippen molar-refractivity contribution in [3.05, 3.63) is 58.0 Å². The molecule has 0 radical (unpaired) electrons. The van der Waals surface area contributed by atoms with Crippen molar-refractivity contribution < 1.29 is 63.3 Å². The van der Waals surface area contributed by atoms with Crippen LogP contribution in [0.25, 0.3) is 10.8 Å². The number of allylic oxidation sites excluding steroid dienone is 2. The molecule has 1 fully saturated rings. The van der Waals surface area contributed by atoms with E-state index in [1.54, 1.807) is 46.8 Å². The van der Waals surface area contributed by atoms with Crippen molar-refractivity contribution in [3.8, 4) is 17.2 Å². The summed E-state index contributed by atoms with van der Waals surface area (Å²) in [5.41, 5.74) is -0.261. The van der Waals surface area contributed by atoms with Crippen LogP contribution in [-0.2, 0) is 33.3 Å². The number of carbonyl (C=O) groups is 4. The predicted molar refractivity (Wildman–Crippen MR) is 261 cm³/mol. The Kier molecular flexibility index (Phi) is 16.9. The SMILES string of the molecule is CO[C@H]1/C=C/O[C@@]2(C)Oc3c(C)c(O)c4c(O)c(c5c(c4c3C2=O)NC2(CCN(CC(C)C)CC2)N=5)=NC(=O)/C(C)=C\C=C\[C@H](C)[C@H](O)[C@@H](C)[C@@H](O)[C@@H](C)[C@H](OC(=O)CC(=O)OCCCN(C)C)[C@@H]1C. The zero-order valence-electron chi connectivity index (χ0n) is 42.7. The molecule has 4 heterocycles. The van der Waals surface area contributed by atoms with Gasteiger partial charge >= 0.3 is 17.7 Å². The molecule has 6 rings (SSSR count). The van der Waals surface area contributed by atoms with E-state index in [0.29, 0.717) is 50.5 Å². The Bertz CT molecular complexity index is 2550. The molecule has 4 aliphatic heterocycles. The van der Waals surface area contributed by atoms with E-state index in [2.05, 4.69) is 29.1 Å². The molecule has 0 aliphatic carbocycles. The van der Waals surface area contributed by atoms with Crippen LogP contribution in [0.5, 0.6) is 17.2 Å². The fourth-order valence-electron chi connectivity index (χ4n) is 9.98. The lowest BCUT2D eigenvalue weighted by atomic mass is 9.78. The van der Waals surface area contributed by atoms with E-state index >= 15 is 0 Å². The topological polar surface area (TPSA) is 239 Å². The first-order chi connectivity index (χ1) is 32.9. The van der Waals surface area contributed by atoms with Crippen molar-refractivity contribution in [3.63, 3.8) is 0 Å². The van der Waals surface area contributed by atoms with E-state index in [1.807, 2.05) is 19.0 Å². The number of nitrogens with one attached hydrogen (secondary N) is 1. The highest BCUT2D eigenvalue weighted by molar-refractivity contribution is 6.21. The number of esters is 2. The minimum Gasteiger partial charge on any atom is -0.507 e. The number of fused-ring (bicyclic) bond motifs is 1. The van der Waals surface area contributed by atoms with E-state index in [9.17, 15) is 39.6 Å². The van der Waals surface area contributed by atoms with E-state index in [4.69, 9.17) is 28.7 Å². The summed E-state index contributed by atoms with van der Waals surface area (Å²) < 4.78 is 29.6. The van der Waals surface area contributed by atoms with Crippen LogP contribution < -0.4 is 20.8 Å². The number of hydrogen-bond donors (Lipinski definition) is 5. The maximum atomic E-state index is 14.9. The third kappa shape index (κ3) is 11.2. The monoisotopic (exact) mass is 976 g/mol. The second-order valence-electron chi connectivity index (χ2n) is 20.4. The van der Waals surface area contributed by atoms with Crippen LogP contribution in [0, 0.1) is 36.5 Å². The Morgan fingerprint density at radius 2 is 1.64 bits per heavy atom. The predicted octanol–water partition coefficient (Wildman–Crippen LogP) is 4.61. The average molecular weight is 976 g/mol. The normalized spacial score (nSPS) is 30.0. The van der Waals surface area contributed by atoms with Crippen molar-refractivity contribution in [2.45, 2.75) is 124 Å². The summed E-state index contributed by atoms with van der Waals surface area (Å²) in [6.07, 6.45) is 4.16. The molecule has 18 nitrogen and oxygen atoms in total. The first-order valence-electron chi connectivity index (χ1n) is 24.3. The Morgan fingerprint density at radius 1 is 0.957 bits per heavy atom. The second kappa shape index (κ2) is 21.9. The summed E-state index contributed by atoms with van der Waals surface area (Å²) in [4.78, 5) is 68.9. The van der Waals surface area contributed by atoms with E-state index in [0.717, 1.165) is 6.54 Å². The van der Waals surface area contributed by atoms with Gasteiger partial charge in [-0.25, -0.2) is 4.99 Å². The molecular weight excluding hydrogens is 903 g/mol. The number of piperidine rings is 1. The molecule has 4 bridgehead atoms. The van der Waals surface area contributed by atoms with Crippen molar-refractivity contribution in [2.75, 3.05) is 59.3 Å². The van der Waals surface area contributed by atoms with Crippen molar-refractivity contribution >= 4 is 40.1 Å². The number of likely N-dealkylation sites (tertiary alicyclic amines) is 1. The first-order valence-corrected chi connectivity index (χ1v) is 24.3. The van der Waals surface area contributed by atoms with Crippen molar-refractivity contribution in [2.24, 2.45) is 39.6 Å². The Labute approximate surface area is 410 Å². The summed E-state index contributed by atoms with van der Waals surface area (Å²) in [7, 11) is 5.21. The van der Waals surface area contributed by atoms with Crippen LogP contribution in [0.2, 0.25) is 0 Å². The summed E-state index contributed by atoms with van der Waals surface area (Å²) in [6.45, 7) is 18.7. The molecule has 2 aromatic carbocycles. The molecule has 4 aliphatic rings. The number of aromatic hydroxyl groups is 2. The molecule has 0 saturated carbocycles. The summed E-state index contributed by atoms with van der Waals surface area (Å²) in [5.74, 6) is -8.41. The number of anilines is 1. The Balaban J connectivity index is 1.45. The van der Waals surface area contributed by atoms with Gasteiger partial charge in [0.1, 0.15) is 40.4 Å². The van der Waals surface area contributed by atoms with Crippen LogP contribution in [0.1, 0.15) is 97.0 Å². The minimum atomic E-state index is -2.02. The summed E-state index contributed by atoms with van der Waals surface area (Å²) >= 11 is 0. The lowest BCUT2D eigenvalue weighted by Gasteiger charge is -2.38. The first kappa shape index (κ1) is 53.9. The highest BCUT2D eigenvalue weighted by atomic mass is 16.7. The fraction of sp³-hybridized carbons (Fsp3) is 0.615. The quantitative estimate of drug-likeness (QED) is 0.0946. The largest absolute Gasteiger partial charge is 0.507 e. The fourth-order valence-corrected chi connectivity index (χ4v) is 9.98. The number of ketones is 1. The van der Waals surface area contributed by atoms with Crippen LogP contribution in [0.3, 0.4) is 0 Å². The molecule has 5 N–H and O–H groups in total. The molecule has 1 spiro atoms. The number of hydrogen-bond acceptors (Lipinski definition) is 17. The lowest BCUT2D eigenvalue weighted by molar-refractivity contribution is -0.167. The lowest BCUT2D eigenvalue weighted by Crippen LogP contribution is -2.47. The van der Waals surface area contributed by atoms with Crippen LogP contribution in [-0.4, -0.2) is 144 Å². The summed E-state index contributed by atoms with van der Waals surface area (Å²) in [6, 6.07) is 0. The molecule has 384 valence electrons. The molecule has 70 heavy (non-hydrogen) atoms. The number of aliphatic hydroxyl groups excluding tert-OH is 2. The molecule has 0 aromatic heterocycles. The van der Waals surface area contributed by atoms with Gasteiger partial charge in [-0.05, 0) is 46.4 Å². The number of methoxy groups -OCH3 is 1. The summed E-state index contributed by atoms with van der Waals surface area (Å²) in [5, 5.41) is 51.1. The minimum absolute atomic E-state index is 0.0198. The smallest absolute Gasteiger partial charge is 0.317 e. The van der Waals surface area contributed by atoms with Crippen LogP contribution in [0.15, 0.2) is 46.1 Å². The highest BCUT2D eigenvalue weighted by Gasteiger charge is 2.51. The van der Waals surface area contributed by atoms with Crippen molar-refractivity contribution in [1.29, 1.82) is 0 Å². The third-order valence-corrected chi connectivity index (χ3v) is 14.2. The van der Waals surface area contributed by atoms with E-state index in [-0.39, 0.29) is 50.5 Å². The van der Waals surface area contributed by atoms with Gasteiger partial charge < -0.3 is 59.2 Å².